The van der Waals surface area contributed by atoms with Crippen molar-refractivity contribution in [1.29, 1.82) is 0 Å². The number of carboxylic acid groups (broad SMARTS) is 1. The van der Waals surface area contributed by atoms with Crippen LogP contribution in [-0.2, 0) is 11.2 Å². The molecule has 32 heavy (non-hydrogen) atoms. The summed E-state index contributed by atoms with van der Waals surface area (Å²) in [5.74, 6) is -1.74. The first kappa shape index (κ1) is 21.0. The van der Waals surface area contributed by atoms with Gasteiger partial charge in [-0.2, -0.15) is 0 Å². The number of hydrogen-bond acceptors (Lipinski definition) is 5. The molecule has 0 bridgehead atoms. The molecule has 7 nitrogen and oxygen atoms in total. The summed E-state index contributed by atoms with van der Waals surface area (Å²) in [7, 11) is 0. The van der Waals surface area contributed by atoms with Gasteiger partial charge in [0.05, 0.1) is 11.0 Å². The number of nitrogens with zero attached hydrogens (tertiary/aromatic N) is 2. The third-order valence-electron chi connectivity index (χ3n) is 5.12. The molecule has 0 radical (unpaired) electrons. The van der Waals surface area contributed by atoms with Gasteiger partial charge >= 0.3 is 5.97 Å². The minimum absolute atomic E-state index is 0.218. The molecule has 4 rings (SSSR count). The standard InChI is InChI=1S/C25H20N2O5/c1-3-21(25(30)31)32-22-14-20-23(18-12-8-7-11-17(18)22)26-19(24(29)27(20)15(2)28)13-16-9-5-4-6-10-16/h3-12,14H,13H2,1-2H3,(H,30,31). The zero-order valence-corrected chi connectivity index (χ0v) is 17.5. The lowest BCUT2D eigenvalue weighted by molar-refractivity contribution is -0.135. The zero-order chi connectivity index (χ0) is 22.8. The van der Waals surface area contributed by atoms with Crippen LogP contribution in [0.5, 0.6) is 5.75 Å². The average molecular weight is 428 g/mol. The summed E-state index contributed by atoms with van der Waals surface area (Å²) in [6, 6.07) is 18.1. The Morgan fingerprint density at radius 1 is 1.06 bits per heavy atom. The highest BCUT2D eigenvalue weighted by molar-refractivity contribution is 6.09. The molecule has 0 unspecified atom stereocenters. The second kappa shape index (κ2) is 8.47. The van der Waals surface area contributed by atoms with Crippen molar-refractivity contribution in [1.82, 2.24) is 9.55 Å². The van der Waals surface area contributed by atoms with Crippen LogP contribution in [0.15, 0.2) is 77.3 Å². The van der Waals surface area contributed by atoms with Gasteiger partial charge in [-0.1, -0.05) is 54.6 Å². The van der Waals surface area contributed by atoms with Gasteiger partial charge in [0.1, 0.15) is 11.4 Å². The van der Waals surface area contributed by atoms with E-state index in [1.807, 2.05) is 30.3 Å². The Labute approximate surface area is 183 Å². The van der Waals surface area contributed by atoms with Gasteiger partial charge in [-0.3, -0.25) is 9.59 Å². The quantitative estimate of drug-likeness (QED) is 0.291. The van der Waals surface area contributed by atoms with Crippen molar-refractivity contribution in [3.8, 4) is 5.75 Å². The van der Waals surface area contributed by atoms with Gasteiger partial charge in [0.25, 0.3) is 5.56 Å². The van der Waals surface area contributed by atoms with Gasteiger partial charge in [-0.05, 0) is 18.6 Å². The van der Waals surface area contributed by atoms with Crippen LogP contribution in [0.4, 0.5) is 0 Å². The maximum atomic E-state index is 13.2. The second-order valence-corrected chi connectivity index (χ2v) is 7.23. The monoisotopic (exact) mass is 428 g/mol. The molecule has 0 aliphatic carbocycles. The summed E-state index contributed by atoms with van der Waals surface area (Å²) >= 11 is 0. The summed E-state index contributed by atoms with van der Waals surface area (Å²) in [6.07, 6.45) is 1.61. The predicted molar refractivity (Wildman–Crippen MR) is 121 cm³/mol. The van der Waals surface area contributed by atoms with Crippen LogP contribution in [-0.4, -0.2) is 26.5 Å². The number of fused-ring (bicyclic) bond motifs is 3. The summed E-state index contributed by atoms with van der Waals surface area (Å²) < 4.78 is 6.72. The molecule has 0 aliphatic heterocycles. The maximum Gasteiger partial charge on any atom is 0.371 e. The van der Waals surface area contributed by atoms with E-state index in [1.165, 1.54) is 19.1 Å². The molecule has 0 atom stereocenters. The summed E-state index contributed by atoms with van der Waals surface area (Å²) in [5, 5.41) is 10.6. The van der Waals surface area contributed by atoms with E-state index >= 15 is 0 Å². The number of ether oxygens (including phenoxy) is 1. The van der Waals surface area contributed by atoms with Crippen molar-refractivity contribution in [3.63, 3.8) is 0 Å². The molecule has 1 heterocycles. The van der Waals surface area contributed by atoms with Crippen LogP contribution >= 0.6 is 0 Å². The van der Waals surface area contributed by atoms with Gasteiger partial charge in [0.2, 0.25) is 11.7 Å². The number of benzene rings is 3. The van der Waals surface area contributed by atoms with Gasteiger partial charge in [0.15, 0.2) is 0 Å². The first-order valence-corrected chi connectivity index (χ1v) is 10.0. The van der Waals surface area contributed by atoms with Crippen molar-refractivity contribution in [2.75, 3.05) is 0 Å². The van der Waals surface area contributed by atoms with Gasteiger partial charge in [0, 0.05) is 30.2 Å². The normalized spacial score (nSPS) is 11.6. The van der Waals surface area contributed by atoms with Crippen molar-refractivity contribution in [2.45, 2.75) is 20.3 Å². The molecule has 0 saturated carbocycles. The fourth-order valence-corrected chi connectivity index (χ4v) is 3.67. The van der Waals surface area contributed by atoms with Crippen molar-refractivity contribution in [3.05, 3.63) is 94.1 Å². The van der Waals surface area contributed by atoms with E-state index in [1.54, 1.807) is 31.2 Å². The lowest BCUT2D eigenvalue weighted by Gasteiger charge is -2.15. The van der Waals surface area contributed by atoms with Crippen LogP contribution in [0, 0.1) is 0 Å². The number of rotatable bonds is 5. The Morgan fingerprint density at radius 3 is 2.34 bits per heavy atom. The van der Waals surface area contributed by atoms with Gasteiger partial charge in [-0.15, -0.1) is 0 Å². The Morgan fingerprint density at radius 2 is 1.72 bits per heavy atom. The smallest absolute Gasteiger partial charge is 0.371 e. The van der Waals surface area contributed by atoms with Crippen LogP contribution in [0.3, 0.4) is 0 Å². The molecule has 0 saturated heterocycles. The minimum Gasteiger partial charge on any atom is -0.475 e. The van der Waals surface area contributed by atoms with E-state index in [2.05, 4.69) is 4.98 Å². The number of hydrogen-bond donors (Lipinski definition) is 1. The highest BCUT2D eigenvalue weighted by Crippen LogP contribution is 2.33. The SMILES string of the molecule is CC=C(Oc1cc2c(nc(Cc3ccccc3)c(=O)n2C(C)=O)c2ccccc12)C(=O)O. The van der Waals surface area contributed by atoms with E-state index in [-0.39, 0.29) is 29.1 Å². The molecule has 0 fully saturated rings. The van der Waals surface area contributed by atoms with Crippen molar-refractivity contribution in [2.24, 2.45) is 0 Å². The third kappa shape index (κ3) is 3.76. The number of aliphatic carboxylic acids is 1. The summed E-state index contributed by atoms with van der Waals surface area (Å²) in [4.78, 5) is 41.8. The van der Waals surface area contributed by atoms with Crippen molar-refractivity contribution < 1.29 is 19.4 Å². The molecule has 1 aromatic heterocycles. The van der Waals surface area contributed by atoms with Gasteiger partial charge in [-0.25, -0.2) is 14.3 Å². The van der Waals surface area contributed by atoms with Crippen LogP contribution < -0.4 is 10.3 Å². The number of carbonyl (C=O) groups excluding carboxylic acids is 1. The molecule has 0 spiro atoms. The number of allylic oxidation sites excluding steroid dienone is 1. The Balaban J connectivity index is 2.04. The van der Waals surface area contributed by atoms with Crippen LogP contribution in [0.2, 0.25) is 0 Å². The van der Waals surface area contributed by atoms with Gasteiger partial charge < -0.3 is 9.84 Å². The van der Waals surface area contributed by atoms with Crippen molar-refractivity contribution >= 4 is 33.7 Å². The summed E-state index contributed by atoms with van der Waals surface area (Å²) in [6.45, 7) is 2.85. The van der Waals surface area contributed by atoms with E-state index < -0.39 is 17.4 Å². The molecule has 0 aliphatic rings. The number of aromatic nitrogens is 2. The molecular weight excluding hydrogens is 408 g/mol. The van der Waals surface area contributed by atoms with E-state index in [0.29, 0.717) is 16.3 Å². The fraction of sp³-hybridized carbons (Fsp3) is 0.120. The molecular formula is C25H20N2O5. The van der Waals surface area contributed by atoms with Crippen LogP contribution in [0.25, 0.3) is 21.8 Å². The largest absolute Gasteiger partial charge is 0.475 e. The minimum atomic E-state index is -1.23. The highest BCUT2D eigenvalue weighted by atomic mass is 16.5. The van der Waals surface area contributed by atoms with E-state index in [9.17, 15) is 19.5 Å². The number of carboxylic acids is 1. The molecule has 1 N–H and O–H groups in total. The average Bonchev–Trinajstić information content (AvgIpc) is 2.78. The Kier molecular flexibility index (Phi) is 5.55. The Bertz CT molecular complexity index is 1450. The zero-order valence-electron chi connectivity index (χ0n) is 17.5. The first-order chi connectivity index (χ1) is 15.4. The lowest BCUT2D eigenvalue weighted by Crippen LogP contribution is -2.29. The highest BCUT2D eigenvalue weighted by Gasteiger charge is 2.20. The lowest BCUT2D eigenvalue weighted by atomic mass is 10.1. The third-order valence-corrected chi connectivity index (χ3v) is 5.12. The summed E-state index contributed by atoms with van der Waals surface area (Å²) in [5.41, 5.74) is 1.35. The molecule has 3 aromatic carbocycles. The van der Waals surface area contributed by atoms with E-state index in [0.717, 1.165) is 10.1 Å². The van der Waals surface area contributed by atoms with E-state index in [4.69, 9.17) is 4.74 Å². The molecule has 7 heteroatoms. The predicted octanol–water partition coefficient (Wildman–Crippen LogP) is 4.17. The van der Waals surface area contributed by atoms with Crippen LogP contribution in [0.1, 0.15) is 29.9 Å². The first-order valence-electron chi connectivity index (χ1n) is 10.0. The topological polar surface area (TPSA) is 98.5 Å². The maximum absolute atomic E-state index is 13.2. The fourth-order valence-electron chi connectivity index (χ4n) is 3.67. The number of carbonyl (C=O) groups is 2. The Hall–Kier alpha value is -4.26. The molecule has 0 amide bonds. The molecule has 4 aromatic rings. The molecule has 160 valence electrons. The second-order valence-electron chi connectivity index (χ2n) is 7.23.